The van der Waals surface area contributed by atoms with Gasteiger partial charge in [-0.2, -0.15) is 10.5 Å². The van der Waals surface area contributed by atoms with Gasteiger partial charge in [0.05, 0.1) is 0 Å². The molecule has 0 unspecified atom stereocenters. The molecular weight excluding hydrogens is 236 g/mol. The predicted octanol–water partition coefficient (Wildman–Crippen LogP) is 2.55. The zero-order valence-electron chi connectivity index (χ0n) is 10.5. The maximum absolute atomic E-state index is 8.57. The molecule has 0 amide bonds. The van der Waals surface area contributed by atoms with Gasteiger partial charge in [-0.1, -0.05) is 18.2 Å². The van der Waals surface area contributed by atoms with Crippen LogP contribution in [0.1, 0.15) is 6.42 Å². The average molecular weight is 250 g/mol. The summed E-state index contributed by atoms with van der Waals surface area (Å²) >= 11 is 0. The number of aromatic nitrogens is 1. The lowest BCUT2D eigenvalue weighted by Gasteiger charge is -2.05. The molecule has 0 fully saturated rings. The topological polar surface area (TPSA) is 64.5 Å². The number of fused-ring (bicyclic) bond motifs is 1. The Kier molecular flexibility index (Phi) is 4.21. The zero-order valence-corrected chi connectivity index (χ0v) is 10.5. The number of benzene rings is 1. The molecule has 0 aliphatic rings. The minimum Gasteiger partial charge on any atom is -0.389 e. The SMILES string of the molecule is N#CC(C#N)=CNCCCn1ccc2ccccc21. The monoisotopic (exact) mass is 250 g/mol. The summed E-state index contributed by atoms with van der Waals surface area (Å²) in [5.74, 6) is 0. The van der Waals surface area contributed by atoms with Crippen molar-refractivity contribution in [3.05, 3.63) is 48.3 Å². The fourth-order valence-corrected chi connectivity index (χ4v) is 1.95. The van der Waals surface area contributed by atoms with Gasteiger partial charge in [-0.15, -0.1) is 0 Å². The van der Waals surface area contributed by atoms with Crippen molar-refractivity contribution >= 4 is 10.9 Å². The van der Waals surface area contributed by atoms with Gasteiger partial charge in [0.2, 0.25) is 0 Å². The van der Waals surface area contributed by atoms with Crippen LogP contribution in [-0.4, -0.2) is 11.1 Å². The van der Waals surface area contributed by atoms with Crippen molar-refractivity contribution < 1.29 is 0 Å². The fourth-order valence-electron chi connectivity index (χ4n) is 1.95. The van der Waals surface area contributed by atoms with Gasteiger partial charge in [-0.3, -0.25) is 0 Å². The Balaban J connectivity index is 1.86. The Hall–Kier alpha value is -2.72. The molecule has 1 aromatic carbocycles. The first kappa shape index (κ1) is 12.7. The Morgan fingerprint density at radius 2 is 2.00 bits per heavy atom. The standard InChI is InChI=1S/C15H14N4/c16-10-13(11-17)12-18-7-3-8-19-9-6-14-4-1-2-5-15(14)19/h1-2,4-6,9,12,18H,3,7-8H2. The number of hydrogen-bond donors (Lipinski definition) is 1. The van der Waals surface area contributed by atoms with Gasteiger partial charge in [0.15, 0.2) is 0 Å². The number of nitrogens with one attached hydrogen (secondary N) is 1. The molecule has 94 valence electrons. The Morgan fingerprint density at radius 3 is 2.79 bits per heavy atom. The quantitative estimate of drug-likeness (QED) is 0.655. The summed E-state index contributed by atoms with van der Waals surface area (Å²) in [6.07, 6.45) is 4.48. The van der Waals surface area contributed by atoms with Gasteiger partial charge < -0.3 is 9.88 Å². The van der Waals surface area contributed by atoms with Crippen LogP contribution in [0.4, 0.5) is 0 Å². The van der Waals surface area contributed by atoms with E-state index in [1.807, 2.05) is 24.3 Å². The average Bonchev–Trinajstić information content (AvgIpc) is 2.86. The smallest absolute Gasteiger partial charge is 0.145 e. The summed E-state index contributed by atoms with van der Waals surface area (Å²) in [7, 11) is 0. The van der Waals surface area contributed by atoms with Crippen LogP contribution in [0, 0.1) is 22.7 Å². The molecule has 2 rings (SSSR count). The van der Waals surface area contributed by atoms with E-state index >= 15 is 0 Å². The minimum atomic E-state index is 0.103. The highest BCUT2D eigenvalue weighted by molar-refractivity contribution is 5.79. The lowest BCUT2D eigenvalue weighted by molar-refractivity contribution is 0.639. The normalized spacial score (nSPS) is 9.58. The number of para-hydroxylation sites is 1. The third kappa shape index (κ3) is 3.14. The number of rotatable bonds is 5. The third-order valence-corrected chi connectivity index (χ3v) is 2.89. The molecule has 0 saturated carbocycles. The van der Waals surface area contributed by atoms with Gasteiger partial charge in [-0.25, -0.2) is 0 Å². The number of nitriles is 2. The van der Waals surface area contributed by atoms with E-state index in [-0.39, 0.29) is 5.57 Å². The number of hydrogen-bond acceptors (Lipinski definition) is 3. The minimum absolute atomic E-state index is 0.103. The largest absolute Gasteiger partial charge is 0.389 e. The van der Waals surface area contributed by atoms with Crippen LogP contribution in [0.5, 0.6) is 0 Å². The maximum Gasteiger partial charge on any atom is 0.145 e. The number of allylic oxidation sites excluding steroid dienone is 1. The molecule has 0 aliphatic carbocycles. The summed E-state index contributed by atoms with van der Waals surface area (Å²) in [5, 5.41) is 21.4. The summed E-state index contributed by atoms with van der Waals surface area (Å²) < 4.78 is 2.20. The second kappa shape index (κ2) is 6.28. The third-order valence-electron chi connectivity index (χ3n) is 2.89. The molecule has 1 N–H and O–H groups in total. The number of aryl methyl sites for hydroxylation is 1. The molecule has 1 heterocycles. The lowest BCUT2D eigenvalue weighted by atomic mass is 10.2. The van der Waals surface area contributed by atoms with Crippen LogP contribution < -0.4 is 5.32 Å². The summed E-state index contributed by atoms with van der Waals surface area (Å²) in [4.78, 5) is 0. The summed E-state index contributed by atoms with van der Waals surface area (Å²) in [6, 6.07) is 14.0. The van der Waals surface area contributed by atoms with Crippen molar-refractivity contribution in [3.63, 3.8) is 0 Å². The maximum atomic E-state index is 8.57. The van der Waals surface area contributed by atoms with E-state index in [2.05, 4.69) is 34.3 Å². The van der Waals surface area contributed by atoms with Gasteiger partial charge in [0, 0.05) is 31.0 Å². The molecule has 0 saturated heterocycles. The zero-order chi connectivity index (χ0) is 13.5. The Morgan fingerprint density at radius 1 is 1.21 bits per heavy atom. The van der Waals surface area contributed by atoms with E-state index < -0.39 is 0 Å². The van der Waals surface area contributed by atoms with E-state index in [1.165, 1.54) is 17.1 Å². The summed E-state index contributed by atoms with van der Waals surface area (Å²) in [5.41, 5.74) is 1.33. The first-order valence-corrected chi connectivity index (χ1v) is 6.13. The molecule has 0 radical (unpaired) electrons. The first-order valence-electron chi connectivity index (χ1n) is 6.13. The molecule has 0 spiro atoms. The van der Waals surface area contributed by atoms with Crippen molar-refractivity contribution in [3.8, 4) is 12.1 Å². The second-order valence-corrected chi connectivity index (χ2v) is 4.16. The molecular formula is C15H14N4. The van der Waals surface area contributed by atoms with Crippen LogP contribution in [0.25, 0.3) is 10.9 Å². The molecule has 4 nitrogen and oxygen atoms in total. The second-order valence-electron chi connectivity index (χ2n) is 4.16. The highest BCUT2D eigenvalue weighted by Crippen LogP contribution is 2.15. The summed E-state index contributed by atoms with van der Waals surface area (Å²) in [6.45, 7) is 1.64. The van der Waals surface area contributed by atoms with E-state index in [1.54, 1.807) is 0 Å². The van der Waals surface area contributed by atoms with Crippen molar-refractivity contribution in [2.45, 2.75) is 13.0 Å². The van der Waals surface area contributed by atoms with Crippen molar-refractivity contribution in [1.82, 2.24) is 9.88 Å². The van der Waals surface area contributed by atoms with Gasteiger partial charge >= 0.3 is 0 Å². The lowest BCUT2D eigenvalue weighted by Crippen LogP contribution is -2.10. The molecule has 4 heteroatoms. The number of nitrogens with zero attached hydrogens (tertiary/aromatic N) is 3. The molecule has 2 aromatic rings. The van der Waals surface area contributed by atoms with Crippen LogP contribution in [0.3, 0.4) is 0 Å². The van der Waals surface area contributed by atoms with Crippen LogP contribution in [-0.2, 0) is 6.54 Å². The molecule has 0 atom stereocenters. The fraction of sp³-hybridized carbons (Fsp3) is 0.200. The van der Waals surface area contributed by atoms with E-state index in [0.29, 0.717) is 0 Å². The Bertz CT molecular complexity index is 651. The predicted molar refractivity (Wildman–Crippen MR) is 73.9 cm³/mol. The van der Waals surface area contributed by atoms with Gasteiger partial charge in [-0.05, 0) is 23.9 Å². The first-order chi connectivity index (χ1) is 9.35. The molecule has 0 aliphatic heterocycles. The van der Waals surface area contributed by atoms with E-state index in [4.69, 9.17) is 10.5 Å². The van der Waals surface area contributed by atoms with Crippen molar-refractivity contribution in [2.24, 2.45) is 0 Å². The van der Waals surface area contributed by atoms with Gasteiger partial charge in [0.1, 0.15) is 17.7 Å². The van der Waals surface area contributed by atoms with Crippen LogP contribution in [0.15, 0.2) is 48.3 Å². The van der Waals surface area contributed by atoms with Crippen molar-refractivity contribution in [1.29, 1.82) is 10.5 Å². The van der Waals surface area contributed by atoms with E-state index in [9.17, 15) is 0 Å². The van der Waals surface area contributed by atoms with Gasteiger partial charge in [0.25, 0.3) is 0 Å². The Labute approximate surface area is 112 Å². The van der Waals surface area contributed by atoms with E-state index in [0.717, 1.165) is 19.5 Å². The van der Waals surface area contributed by atoms with Crippen LogP contribution in [0.2, 0.25) is 0 Å². The highest BCUT2D eigenvalue weighted by atomic mass is 15.0. The van der Waals surface area contributed by atoms with Crippen LogP contribution >= 0.6 is 0 Å². The molecule has 19 heavy (non-hydrogen) atoms. The van der Waals surface area contributed by atoms with Crippen molar-refractivity contribution in [2.75, 3.05) is 6.54 Å². The highest BCUT2D eigenvalue weighted by Gasteiger charge is 1.98. The molecule has 1 aromatic heterocycles. The molecule has 0 bridgehead atoms.